The van der Waals surface area contributed by atoms with Gasteiger partial charge in [-0.25, -0.2) is 4.68 Å². The minimum Gasteiger partial charge on any atom is -0.481 e. The summed E-state index contributed by atoms with van der Waals surface area (Å²) < 4.78 is 2.62. The number of hydrogen-bond acceptors (Lipinski definition) is 2. The zero-order chi connectivity index (χ0) is 13.3. The average Bonchev–Trinajstić information content (AvgIpc) is 2.78. The van der Waals surface area contributed by atoms with E-state index >= 15 is 0 Å². The first kappa shape index (κ1) is 12.8. The van der Waals surface area contributed by atoms with Crippen molar-refractivity contribution in [2.24, 2.45) is 0 Å². The van der Waals surface area contributed by atoms with E-state index in [-0.39, 0.29) is 0 Å². The molecule has 0 radical (unpaired) electrons. The van der Waals surface area contributed by atoms with Gasteiger partial charge in [0.05, 0.1) is 11.4 Å². The molecule has 1 aromatic carbocycles. The Labute approximate surface area is 113 Å². The molecule has 0 fully saturated rings. The molecule has 0 amide bonds. The highest BCUT2D eigenvalue weighted by atomic mass is 79.9. The number of hydrogen-bond donors (Lipinski definition) is 1. The van der Waals surface area contributed by atoms with E-state index < -0.39 is 11.4 Å². The van der Waals surface area contributed by atoms with Crippen molar-refractivity contribution in [1.82, 2.24) is 9.78 Å². The van der Waals surface area contributed by atoms with Crippen LogP contribution in [0.15, 0.2) is 41.0 Å². The lowest BCUT2D eigenvalue weighted by Crippen LogP contribution is -2.29. The van der Waals surface area contributed by atoms with Crippen LogP contribution in [-0.4, -0.2) is 20.9 Å². The summed E-state index contributed by atoms with van der Waals surface area (Å²) in [4.78, 5) is 11.2. The summed E-state index contributed by atoms with van der Waals surface area (Å²) in [6.07, 6.45) is 1.77. The third-order valence-electron chi connectivity index (χ3n) is 2.84. The summed E-state index contributed by atoms with van der Waals surface area (Å²) >= 11 is 3.39. The third-order valence-corrected chi connectivity index (χ3v) is 3.33. The molecule has 0 aliphatic heterocycles. The number of aromatic nitrogens is 2. The topological polar surface area (TPSA) is 55.1 Å². The second kappa shape index (κ2) is 4.57. The number of benzene rings is 1. The fourth-order valence-corrected chi connectivity index (χ4v) is 1.92. The Bertz CT molecular complexity index is 590. The van der Waals surface area contributed by atoms with E-state index in [1.165, 1.54) is 0 Å². The van der Waals surface area contributed by atoms with Crippen LogP contribution in [0.5, 0.6) is 0 Å². The molecule has 5 heteroatoms. The molecule has 94 valence electrons. The first-order valence-corrected chi connectivity index (χ1v) is 6.26. The van der Waals surface area contributed by atoms with Gasteiger partial charge in [-0.2, -0.15) is 5.10 Å². The van der Waals surface area contributed by atoms with Crippen molar-refractivity contribution in [2.45, 2.75) is 19.3 Å². The van der Waals surface area contributed by atoms with Gasteiger partial charge in [0.1, 0.15) is 5.41 Å². The third kappa shape index (κ3) is 2.31. The fraction of sp³-hybridized carbons (Fsp3) is 0.231. The number of carbonyl (C=O) groups is 1. The molecule has 0 saturated heterocycles. The van der Waals surface area contributed by atoms with E-state index in [4.69, 9.17) is 5.11 Å². The Morgan fingerprint density at radius 2 is 2.11 bits per heavy atom. The zero-order valence-electron chi connectivity index (χ0n) is 10.1. The van der Waals surface area contributed by atoms with Crippen molar-refractivity contribution < 1.29 is 9.90 Å². The van der Waals surface area contributed by atoms with E-state index in [1.807, 2.05) is 24.3 Å². The van der Waals surface area contributed by atoms with Crippen LogP contribution >= 0.6 is 15.9 Å². The molecular formula is C13H13BrN2O2. The largest absolute Gasteiger partial charge is 0.481 e. The molecule has 0 aliphatic carbocycles. The molecule has 0 spiro atoms. The molecule has 0 aliphatic rings. The van der Waals surface area contributed by atoms with Crippen LogP contribution in [0.1, 0.15) is 19.5 Å². The van der Waals surface area contributed by atoms with Crippen molar-refractivity contribution in [3.8, 4) is 5.69 Å². The quantitative estimate of drug-likeness (QED) is 0.948. The van der Waals surface area contributed by atoms with Gasteiger partial charge in [-0.1, -0.05) is 22.0 Å². The first-order chi connectivity index (χ1) is 8.41. The van der Waals surface area contributed by atoms with Crippen LogP contribution in [-0.2, 0) is 10.2 Å². The van der Waals surface area contributed by atoms with Gasteiger partial charge in [-0.15, -0.1) is 0 Å². The highest BCUT2D eigenvalue weighted by molar-refractivity contribution is 9.10. The molecule has 0 bridgehead atoms. The predicted molar refractivity (Wildman–Crippen MR) is 71.9 cm³/mol. The van der Waals surface area contributed by atoms with Crippen LogP contribution in [0.4, 0.5) is 0 Å². The second-order valence-electron chi connectivity index (χ2n) is 4.56. The monoisotopic (exact) mass is 308 g/mol. The normalized spacial score (nSPS) is 11.5. The maximum atomic E-state index is 11.2. The highest BCUT2D eigenvalue weighted by Crippen LogP contribution is 2.23. The smallest absolute Gasteiger partial charge is 0.315 e. The zero-order valence-corrected chi connectivity index (χ0v) is 11.7. The maximum absolute atomic E-state index is 11.2. The number of aliphatic carboxylic acids is 1. The van der Waals surface area contributed by atoms with Gasteiger partial charge in [0.2, 0.25) is 0 Å². The molecule has 1 aromatic heterocycles. The molecule has 18 heavy (non-hydrogen) atoms. The molecule has 2 aromatic rings. The van der Waals surface area contributed by atoms with E-state index in [9.17, 15) is 4.79 Å². The SMILES string of the molecule is CC(C)(C(=O)O)c1ccn(-c2cccc(Br)c2)n1. The van der Waals surface area contributed by atoms with Gasteiger partial charge in [0, 0.05) is 10.7 Å². The minimum absolute atomic E-state index is 0.537. The molecule has 0 saturated carbocycles. The van der Waals surface area contributed by atoms with Crippen LogP contribution in [0, 0.1) is 0 Å². The minimum atomic E-state index is -0.989. The van der Waals surface area contributed by atoms with Gasteiger partial charge in [-0.3, -0.25) is 4.79 Å². The van der Waals surface area contributed by atoms with Crippen LogP contribution < -0.4 is 0 Å². The lowest BCUT2D eigenvalue weighted by atomic mass is 9.90. The Morgan fingerprint density at radius 1 is 1.39 bits per heavy atom. The average molecular weight is 309 g/mol. The lowest BCUT2D eigenvalue weighted by Gasteiger charge is -2.15. The van der Waals surface area contributed by atoms with Crippen molar-refractivity contribution in [2.75, 3.05) is 0 Å². The molecule has 4 nitrogen and oxygen atoms in total. The number of carboxylic acid groups (broad SMARTS) is 1. The standard InChI is InChI=1S/C13H13BrN2O2/c1-13(2,12(17)18)11-6-7-16(15-11)10-5-3-4-9(14)8-10/h3-8H,1-2H3,(H,17,18). The summed E-state index contributed by atoms with van der Waals surface area (Å²) in [5, 5.41) is 13.5. The van der Waals surface area contributed by atoms with Gasteiger partial charge in [0.15, 0.2) is 0 Å². The van der Waals surface area contributed by atoms with E-state index in [2.05, 4.69) is 21.0 Å². The molecular weight excluding hydrogens is 296 g/mol. The molecule has 1 heterocycles. The van der Waals surface area contributed by atoms with E-state index in [0.29, 0.717) is 5.69 Å². The van der Waals surface area contributed by atoms with Gasteiger partial charge >= 0.3 is 5.97 Å². The Hall–Kier alpha value is -1.62. The van der Waals surface area contributed by atoms with Crippen LogP contribution in [0.25, 0.3) is 5.69 Å². The van der Waals surface area contributed by atoms with Crippen molar-refractivity contribution in [3.05, 3.63) is 46.7 Å². The molecule has 1 N–H and O–H groups in total. The summed E-state index contributed by atoms with van der Waals surface area (Å²) in [5.41, 5.74) is 0.434. The van der Waals surface area contributed by atoms with Crippen molar-refractivity contribution in [3.63, 3.8) is 0 Å². The first-order valence-electron chi connectivity index (χ1n) is 5.47. The van der Waals surface area contributed by atoms with Crippen LogP contribution in [0.2, 0.25) is 0 Å². The second-order valence-corrected chi connectivity index (χ2v) is 5.47. The van der Waals surface area contributed by atoms with Gasteiger partial charge in [-0.05, 0) is 38.1 Å². The van der Waals surface area contributed by atoms with Crippen molar-refractivity contribution >= 4 is 21.9 Å². The highest BCUT2D eigenvalue weighted by Gasteiger charge is 2.32. The number of rotatable bonds is 3. The number of halogens is 1. The lowest BCUT2D eigenvalue weighted by molar-refractivity contribution is -0.142. The number of nitrogens with zero attached hydrogens (tertiary/aromatic N) is 2. The molecule has 2 rings (SSSR count). The van der Waals surface area contributed by atoms with Gasteiger partial charge < -0.3 is 5.11 Å². The molecule has 0 atom stereocenters. The Morgan fingerprint density at radius 3 is 2.72 bits per heavy atom. The summed E-state index contributed by atoms with van der Waals surface area (Å²) in [6, 6.07) is 9.40. The Balaban J connectivity index is 2.40. The summed E-state index contributed by atoms with van der Waals surface area (Å²) in [6.45, 7) is 3.28. The van der Waals surface area contributed by atoms with Crippen LogP contribution in [0.3, 0.4) is 0 Å². The van der Waals surface area contributed by atoms with Crippen molar-refractivity contribution in [1.29, 1.82) is 0 Å². The Kier molecular flexibility index (Phi) is 3.26. The summed E-state index contributed by atoms with van der Waals surface area (Å²) in [5.74, 6) is -0.887. The van der Waals surface area contributed by atoms with E-state index in [1.54, 1.807) is 30.8 Å². The van der Waals surface area contributed by atoms with Gasteiger partial charge in [0.25, 0.3) is 0 Å². The molecule has 0 unspecified atom stereocenters. The van der Waals surface area contributed by atoms with E-state index in [0.717, 1.165) is 10.2 Å². The number of carboxylic acids is 1. The summed E-state index contributed by atoms with van der Waals surface area (Å²) in [7, 11) is 0. The maximum Gasteiger partial charge on any atom is 0.315 e. The fourth-order valence-electron chi connectivity index (χ4n) is 1.53. The predicted octanol–water partition coefficient (Wildman–Crippen LogP) is 3.00.